The van der Waals surface area contributed by atoms with Crippen molar-refractivity contribution in [3.05, 3.63) is 24.0 Å². The molecule has 0 aliphatic heterocycles. The third-order valence-electron chi connectivity index (χ3n) is 2.93. The van der Waals surface area contributed by atoms with Crippen molar-refractivity contribution in [1.29, 1.82) is 0 Å². The van der Waals surface area contributed by atoms with E-state index in [0.29, 0.717) is 5.56 Å². The first kappa shape index (κ1) is 15.5. The predicted octanol–water partition coefficient (Wildman–Crippen LogP) is 3.21. The van der Waals surface area contributed by atoms with Gasteiger partial charge in [-0.2, -0.15) is 0 Å². The van der Waals surface area contributed by atoms with Crippen molar-refractivity contribution in [2.45, 2.75) is 46.0 Å². The topological polar surface area (TPSA) is 54.0 Å². The number of carbonyl (C=O) groups is 1. The number of nitrogens with zero attached hydrogens (tertiary/aromatic N) is 1. The van der Waals surface area contributed by atoms with E-state index in [2.05, 4.69) is 29.5 Å². The first-order valence-electron chi connectivity index (χ1n) is 7.25. The second kappa shape index (κ2) is 9.36. The molecule has 1 amide bonds. The molecule has 1 aromatic heterocycles. The fourth-order valence-corrected chi connectivity index (χ4v) is 1.75. The Morgan fingerprint density at radius 2 is 1.89 bits per heavy atom. The molecule has 106 valence electrons. The van der Waals surface area contributed by atoms with Gasteiger partial charge in [0.25, 0.3) is 5.91 Å². The lowest BCUT2D eigenvalue weighted by Gasteiger charge is -2.08. The van der Waals surface area contributed by atoms with E-state index in [1.54, 1.807) is 12.4 Å². The molecule has 19 heavy (non-hydrogen) atoms. The maximum absolute atomic E-state index is 11.9. The Morgan fingerprint density at radius 3 is 2.63 bits per heavy atom. The highest BCUT2D eigenvalue weighted by Gasteiger charge is 2.05. The minimum atomic E-state index is -0.0434. The number of hydrogen-bond acceptors (Lipinski definition) is 3. The van der Waals surface area contributed by atoms with Gasteiger partial charge in [0.05, 0.1) is 11.3 Å². The molecule has 0 aliphatic carbocycles. The summed E-state index contributed by atoms with van der Waals surface area (Å²) in [7, 11) is 0. The van der Waals surface area contributed by atoms with Crippen LogP contribution in [-0.4, -0.2) is 24.0 Å². The molecule has 2 N–H and O–H groups in total. The van der Waals surface area contributed by atoms with Crippen molar-refractivity contribution in [2.75, 3.05) is 18.4 Å². The predicted molar refractivity (Wildman–Crippen MR) is 79.5 cm³/mol. The van der Waals surface area contributed by atoms with Crippen molar-refractivity contribution < 1.29 is 4.79 Å². The number of pyridine rings is 1. The SMILES string of the molecule is CCCCCNc1cncc(C(=O)NCCCC)c1. The molecule has 0 aromatic carbocycles. The Balaban J connectivity index is 2.44. The van der Waals surface area contributed by atoms with Crippen molar-refractivity contribution in [2.24, 2.45) is 0 Å². The number of hydrogen-bond donors (Lipinski definition) is 2. The minimum Gasteiger partial charge on any atom is -0.384 e. The van der Waals surface area contributed by atoms with Crippen LogP contribution in [0.2, 0.25) is 0 Å². The Labute approximate surface area is 116 Å². The smallest absolute Gasteiger partial charge is 0.252 e. The van der Waals surface area contributed by atoms with E-state index in [0.717, 1.165) is 38.0 Å². The van der Waals surface area contributed by atoms with Gasteiger partial charge in [-0.05, 0) is 18.9 Å². The first-order valence-corrected chi connectivity index (χ1v) is 7.25. The summed E-state index contributed by atoms with van der Waals surface area (Å²) in [5, 5.41) is 6.20. The Kier molecular flexibility index (Phi) is 7.63. The Hall–Kier alpha value is -1.58. The zero-order chi connectivity index (χ0) is 13.9. The molecule has 1 heterocycles. The Bertz CT molecular complexity index is 379. The zero-order valence-corrected chi connectivity index (χ0v) is 12.0. The van der Waals surface area contributed by atoms with E-state index in [4.69, 9.17) is 0 Å². The number of aromatic nitrogens is 1. The summed E-state index contributed by atoms with van der Waals surface area (Å²) in [6, 6.07) is 1.86. The first-order chi connectivity index (χ1) is 9.27. The van der Waals surface area contributed by atoms with E-state index in [-0.39, 0.29) is 5.91 Å². The third kappa shape index (κ3) is 6.22. The van der Waals surface area contributed by atoms with Crippen LogP contribution in [0.5, 0.6) is 0 Å². The lowest BCUT2D eigenvalue weighted by atomic mass is 10.2. The van der Waals surface area contributed by atoms with Crippen LogP contribution in [0, 0.1) is 0 Å². The molecule has 0 atom stereocenters. The van der Waals surface area contributed by atoms with Gasteiger partial charge < -0.3 is 10.6 Å². The van der Waals surface area contributed by atoms with Gasteiger partial charge in [-0.3, -0.25) is 9.78 Å². The van der Waals surface area contributed by atoms with E-state index < -0.39 is 0 Å². The van der Waals surface area contributed by atoms with Gasteiger partial charge in [0, 0.05) is 25.5 Å². The molecule has 4 heteroatoms. The lowest BCUT2D eigenvalue weighted by molar-refractivity contribution is 0.0953. The quantitative estimate of drug-likeness (QED) is 0.673. The molecule has 1 aromatic rings. The van der Waals surface area contributed by atoms with Crippen LogP contribution in [-0.2, 0) is 0 Å². The number of carbonyl (C=O) groups excluding carboxylic acids is 1. The normalized spacial score (nSPS) is 10.2. The molecule has 0 fully saturated rings. The van der Waals surface area contributed by atoms with Crippen molar-refractivity contribution in [1.82, 2.24) is 10.3 Å². The minimum absolute atomic E-state index is 0.0434. The van der Waals surface area contributed by atoms with Crippen molar-refractivity contribution in [3.63, 3.8) is 0 Å². The summed E-state index contributed by atoms with van der Waals surface area (Å²) < 4.78 is 0. The monoisotopic (exact) mass is 263 g/mol. The van der Waals surface area contributed by atoms with Gasteiger partial charge >= 0.3 is 0 Å². The van der Waals surface area contributed by atoms with E-state index in [9.17, 15) is 4.79 Å². The third-order valence-corrected chi connectivity index (χ3v) is 2.93. The van der Waals surface area contributed by atoms with Crippen LogP contribution in [0.4, 0.5) is 5.69 Å². The van der Waals surface area contributed by atoms with E-state index in [1.807, 2.05) is 6.07 Å². The number of nitrogens with one attached hydrogen (secondary N) is 2. The molecule has 4 nitrogen and oxygen atoms in total. The van der Waals surface area contributed by atoms with Crippen LogP contribution in [0.1, 0.15) is 56.3 Å². The lowest BCUT2D eigenvalue weighted by Crippen LogP contribution is -2.24. The highest BCUT2D eigenvalue weighted by molar-refractivity contribution is 5.94. The van der Waals surface area contributed by atoms with Crippen molar-refractivity contribution >= 4 is 11.6 Å². The van der Waals surface area contributed by atoms with E-state index in [1.165, 1.54) is 12.8 Å². The number of amides is 1. The molecule has 0 saturated carbocycles. The van der Waals surface area contributed by atoms with Gasteiger partial charge in [0.1, 0.15) is 0 Å². The summed E-state index contributed by atoms with van der Waals surface area (Å²) >= 11 is 0. The summed E-state index contributed by atoms with van der Waals surface area (Å²) in [6.45, 7) is 5.94. The maximum atomic E-state index is 11.9. The molecule has 1 rings (SSSR count). The Morgan fingerprint density at radius 1 is 1.11 bits per heavy atom. The number of rotatable bonds is 9. The highest BCUT2D eigenvalue weighted by Crippen LogP contribution is 2.09. The van der Waals surface area contributed by atoms with Crippen LogP contribution in [0.15, 0.2) is 18.5 Å². The van der Waals surface area contributed by atoms with Gasteiger partial charge in [-0.25, -0.2) is 0 Å². The molecule has 0 aliphatic rings. The molecule has 0 bridgehead atoms. The van der Waals surface area contributed by atoms with Gasteiger partial charge in [0.2, 0.25) is 0 Å². The number of anilines is 1. The molecular weight excluding hydrogens is 238 g/mol. The fraction of sp³-hybridized carbons (Fsp3) is 0.600. The second-order valence-electron chi connectivity index (χ2n) is 4.71. The largest absolute Gasteiger partial charge is 0.384 e. The maximum Gasteiger partial charge on any atom is 0.252 e. The summed E-state index contributed by atoms with van der Waals surface area (Å²) in [4.78, 5) is 16.0. The molecular formula is C15H25N3O. The molecule has 0 spiro atoms. The van der Waals surface area contributed by atoms with Crippen LogP contribution >= 0.6 is 0 Å². The van der Waals surface area contributed by atoms with Gasteiger partial charge in [-0.15, -0.1) is 0 Å². The zero-order valence-electron chi connectivity index (χ0n) is 12.0. The highest BCUT2D eigenvalue weighted by atomic mass is 16.1. The van der Waals surface area contributed by atoms with Crippen molar-refractivity contribution in [3.8, 4) is 0 Å². The number of unbranched alkanes of at least 4 members (excludes halogenated alkanes) is 3. The molecule has 0 radical (unpaired) electrons. The summed E-state index contributed by atoms with van der Waals surface area (Å²) in [6.07, 6.45) is 9.03. The average molecular weight is 263 g/mol. The van der Waals surface area contributed by atoms with Crippen LogP contribution in [0.3, 0.4) is 0 Å². The molecule has 0 unspecified atom stereocenters. The fourth-order valence-electron chi connectivity index (χ4n) is 1.75. The van der Waals surface area contributed by atoms with Crippen LogP contribution < -0.4 is 10.6 Å². The second-order valence-corrected chi connectivity index (χ2v) is 4.71. The van der Waals surface area contributed by atoms with E-state index >= 15 is 0 Å². The van der Waals surface area contributed by atoms with Gasteiger partial charge in [0.15, 0.2) is 0 Å². The average Bonchev–Trinajstić information content (AvgIpc) is 2.44. The summed E-state index contributed by atoms with van der Waals surface area (Å²) in [5.41, 5.74) is 1.54. The summed E-state index contributed by atoms with van der Waals surface area (Å²) in [5.74, 6) is -0.0434. The van der Waals surface area contributed by atoms with Gasteiger partial charge in [-0.1, -0.05) is 33.1 Å². The van der Waals surface area contributed by atoms with Crippen LogP contribution in [0.25, 0.3) is 0 Å². The standard InChI is InChI=1S/C15H25N3O/c1-3-5-7-9-17-14-10-13(11-16-12-14)15(19)18-8-6-4-2/h10-12,17H,3-9H2,1-2H3,(H,18,19). The molecule has 0 saturated heterocycles.